The van der Waals surface area contributed by atoms with Crippen LogP contribution >= 0.6 is 0 Å². The standard InChI is InChI=1S/C22H22O3/c1-2-6-18(15-22(23)24)16-11-13-19(14-12-16)25-21-10-5-8-17-7-3-4-9-20(17)21/h3-4,7,9,11-14,18,21H,5,8,10,15H2,1H3,(H,23,24)/t18-,21?/m0/s1. The molecule has 25 heavy (non-hydrogen) atoms. The third-order valence-electron chi connectivity index (χ3n) is 4.57. The third kappa shape index (κ3) is 4.22. The normalized spacial score (nSPS) is 16.9. The summed E-state index contributed by atoms with van der Waals surface area (Å²) >= 11 is 0. The minimum atomic E-state index is -0.841. The van der Waals surface area contributed by atoms with Crippen LogP contribution in [0.3, 0.4) is 0 Å². The van der Waals surface area contributed by atoms with E-state index in [9.17, 15) is 4.79 Å². The van der Waals surface area contributed by atoms with E-state index in [1.165, 1.54) is 11.1 Å². The summed E-state index contributed by atoms with van der Waals surface area (Å²) in [6.07, 6.45) is 3.35. The zero-order valence-corrected chi connectivity index (χ0v) is 14.4. The van der Waals surface area contributed by atoms with E-state index in [1.807, 2.05) is 24.3 Å². The van der Waals surface area contributed by atoms with Gasteiger partial charge in [-0.25, -0.2) is 0 Å². The summed E-state index contributed by atoms with van der Waals surface area (Å²) in [6.45, 7) is 1.73. The molecule has 128 valence electrons. The molecule has 0 saturated heterocycles. The number of ether oxygens (including phenoxy) is 1. The van der Waals surface area contributed by atoms with Crippen LogP contribution in [0.1, 0.15) is 54.9 Å². The third-order valence-corrected chi connectivity index (χ3v) is 4.57. The molecule has 1 aliphatic rings. The van der Waals surface area contributed by atoms with Gasteiger partial charge in [0.2, 0.25) is 0 Å². The van der Waals surface area contributed by atoms with Crippen molar-refractivity contribution >= 4 is 5.97 Å². The summed E-state index contributed by atoms with van der Waals surface area (Å²) in [4.78, 5) is 11.0. The second kappa shape index (κ2) is 7.90. The van der Waals surface area contributed by atoms with Gasteiger partial charge in [0.1, 0.15) is 11.9 Å². The minimum absolute atomic E-state index is 0.0110. The predicted molar refractivity (Wildman–Crippen MR) is 97.6 cm³/mol. The van der Waals surface area contributed by atoms with Crippen LogP contribution in [0.4, 0.5) is 0 Å². The van der Waals surface area contributed by atoms with E-state index in [-0.39, 0.29) is 18.4 Å². The molecule has 2 atom stereocenters. The van der Waals surface area contributed by atoms with Crippen molar-refractivity contribution in [2.24, 2.45) is 0 Å². The molecule has 1 unspecified atom stereocenters. The fourth-order valence-corrected chi connectivity index (χ4v) is 3.38. The first kappa shape index (κ1) is 17.1. The number of carboxylic acids is 1. The lowest BCUT2D eigenvalue weighted by atomic mass is 9.89. The Morgan fingerprint density at radius 1 is 1.24 bits per heavy atom. The van der Waals surface area contributed by atoms with Gasteiger partial charge in [-0.2, -0.15) is 0 Å². The maximum atomic E-state index is 11.0. The Morgan fingerprint density at radius 3 is 2.72 bits per heavy atom. The Kier molecular flexibility index (Phi) is 5.40. The number of hydrogen-bond donors (Lipinski definition) is 1. The lowest BCUT2D eigenvalue weighted by molar-refractivity contribution is -0.137. The van der Waals surface area contributed by atoms with Gasteiger partial charge in [0.05, 0.1) is 12.3 Å². The first-order chi connectivity index (χ1) is 12.2. The van der Waals surface area contributed by atoms with Crippen LogP contribution in [0.25, 0.3) is 0 Å². The fraction of sp³-hybridized carbons (Fsp3) is 0.318. The van der Waals surface area contributed by atoms with Gasteiger partial charge < -0.3 is 9.84 Å². The van der Waals surface area contributed by atoms with Gasteiger partial charge in [0.25, 0.3) is 0 Å². The summed E-state index contributed by atoms with van der Waals surface area (Å²) in [7, 11) is 0. The molecule has 0 spiro atoms. The maximum Gasteiger partial charge on any atom is 0.304 e. The van der Waals surface area contributed by atoms with Crippen molar-refractivity contribution in [3.63, 3.8) is 0 Å². The average Bonchev–Trinajstić information content (AvgIpc) is 2.62. The van der Waals surface area contributed by atoms with Gasteiger partial charge in [-0.15, -0.1) is 5.92 Å². The van der Waals surface area contributed by atoms with Crippen LogP contribution in [-0.2, 0) is 11.2 Å². The van der Waals surface area contributed by atoms with E-state index in [0.717, 1.165) is 30.6 Å². The number of fused-ring (bicyclic) bond motifs is 1. The Hall–Kier alpha value is -2.73. The molecular formula is C22H22O3. The number of carbonyl (C=O) groups is 1. The van der Waals surface area contributed by atoms with Gasteiger partial charge in [-0.05, 0) is 55.0 Å². The van der Waals surface area contributed by atoms with Crippen molar-refractivity contribution in [3.8, 4) is 17.6 Å². The van der Waals surface area contributed by atoms with Crippen molar-refractivity contribution < 1.29 is 14.6 Å². The number of carboxylic acid groups (broad SMARTS) is 1. The van der Waals surface area contributed by atoms with Gasteiger partial charge in [-0.3, -0.25) is 4.79 Å². The molecule has 0 heterocycles. The van der Waals surface area contributed by atoms with Gasteiger partial charge in [-0.1, -0.05) is 42.3 Å². The first-order valence-electron chi connectivity index (χ1n) is 8.66. The van der Waals surface area contributed by atoms with Crippen molar-refractivity contribution in [3.05, 3.63) is 65.2 Å². The Morgan fingerprint density at radius 2 is 2.00 bits per heavy atom. The van der Waals surface area contributed by atoms with Crippen LogP contribution in [0.5, 0.6) is 5.75 Å². The van der Waals surface area contributed by atoms with Crippen LogP contribution in [-0.4, -0.2) is 11.1 Å². The summed E-state index contributed by atoms with van der Waals surface area (Å²) in [6, 6.07) is 16.1. The van der Waals surface area contributed by atoms with Crippen molar-refractivity contribution in [2.45, 2.75) is 44.6 Å². The fourth-order valence-electron chi connectivity index (χ4n) is 3.38. The van der Waals surface area contributed by atoms with Crippen molar-refractivity contribution in [1.29, 1.82) is 0 Å². The molecule has 1 N–H and O–H groups in total. The van der Waals surface area contributed by atoms with Crippen LogP contribution in [0.2, 0.25) is 0 Å². The van der Waals surface area contributed by atoms with Crippen molar-refractivity contribution in [2.75, 3.05) is 0 Å². The Balaban J connectivity index is 1.75. The molecule has 1 aliphatic carbocycles. The summed E-state index contributed by atoms with van der Waals surface area (Å²) < 4.78 is 6.21. The molecule has 0 bridgehead atoms. The molecule has 0 aromatic heterocycles. The topological polar surface area (TPSA) is 46.5 Å². The monoisotopic (exact) mass is 334 g/mol. The number of rotatable bonds is 5. The number of benzene rings is 2. The van der Waals surface area contributed by atoms with Gasteiger partial charge in [0.15, 0.2) is 0 Å². The van der Waals surface area contributed by atoms with E-state index < -0.39 is 5.97 Å². The summed E-state index contributed by atoms with van der Waals surface area (Å²) in [5.41, 5.74) is 3.56. The Bertz CT molecular complexity index is 796. The number of hydrogen-bond acceptors (Lipinski definition) is 2. The minimum Gasteiger partial charge on any atom is -0.486 e. The Labute approximate surface area is 148 Å². The highest BCUT2D eigenvalue weighted by Crippen LogP contribution is 2.34. The zero-order valence-electron chi connectivity index (χ0n) is 14.4. The molecular weight excluding hydrogens is 312 g/mol. The molecule has 0 radical (unpaired) electrons. The van der Waals surface area contributed by atoms with Crippen LogP contribution in [0.15, 0.2) is 48.5 Å². The van der Waals surface area contributed by atoms with E-state index >= 15 is 0 Å². The lowest BCUT2D eigenvalue weighted by Crippen LogP contribution is -2.15. The van der Waals surface area contributed by atoms with Gasteiger partial charge >= 0.3 is 5.97 Å². The zero-order chi connectivity index (χ0) is 17.6. The molecule has 0 saturated carbocycles. The van der Waals surface area contributed by atoms with E-state index in [4.69, 9.17) is 9.84 Å². The lowest BCUT2D eigenvalue weighted by Gasteiger charge is -2.26. The first-order valence-corrected chi connectivity index (χ1v) is 8.66. The molecule has 3 rings (SSSR count). The molecule has 2 aromatic rings. The smallest absolute Gasteiger partial charge is 0.304 e. The second-order valence-electron chi connectivity index (χ2n) is 6.31. The molecule has 0 fully saturated rings. The quantitative estimate of drug-likeness (QED) is 0.805. The average molecular weight is 334 g/mol. The predicted octanol–water partition coefficient (Wildman–Crippen LogP) is 4.72. The van der Waals surface area contributed by atoms with E-state index in [0.29, 0.717) is 0 Å². The SMILES string of the molecule is CC#C[C@@H](CC(=O)O)c1ccc(OC2CCCc3ccccc32)cc1. The molecule has 0 amide bonds. The van der Waals surface area contributed by atoms with E-state index in [2.05, 4.69) is 36.1 Å². The molecule has 0 aliphatic heterocycles. The second-order valence-corrected chi connectivity index (χ2v) is 6.31. The van der Waals surface area contributed by atoms with Crippen LogP contribution < -0.4 is 4.74 Å². The van der Waals surface area contributed by atoms with E-state index in [1.54, 1.807) is 6.92 Å². The molecule has 2 aromatic carbocycles. The number of aliphatic carboxylic acids is 1. The highest BCUT2D eigenvalue weighted by molar-refractivity contribution is 5.69. The summed E-state index contributed by atoms with van der Waals surface area (Å²) in [5.74, 6) is 5.47. The maximum absolute atomic E-state index is 11.0. The highest BCUT2D eigenvalue weighted by atomic mass is 16.5. The summed E-state index contributed by atoms with van der Waals surface area (Å²) in [5, 5.41) is 9.04. The largest absolute Gasteiger partial charge is 0.486 e. The van der Waals surface area contributed by atoms with Crippen LogP contribution in [0, 0.1) is 11.8 Å². The molecule has 3 nitrogen and oxygen atoms in total. The van der Waals surface area contributed by atoms with Crippen molar-refractivity contribution in [1.82, 2.24) is 0 Å². The molecule has 3 heteroatoms. The number of aryl methyl sites for hydroxylation is 1. The van der Waals surface area contributed by atoms with Gasteiger partial charge in [0, 0.05) is 0 Å². The highest BCUT2D eigenvalue weighted by Gasteiger charge is 2.21.